The van der Waals surface area contributed by atoms with Crippen LogP contribution in [-0.2, 0) is 13.0 Å². The molecule has 1 aromatic heterocycles. The van der Waals surface area contributed by atoms with Crippen LogP contribution in [0.15, 0.2) is 78.0 Å². The molecule has 0 saturated heterocycles. The highest BCUT2D eigenvalue weighted by atomic mass is 16.5. The van der Waals surface area contributed by atoms with E-state index in [1.807, 2.05) is 31.3 Å². The van der Waals surface area contributed by atoms with Crippen molar-refractivity contribution in [2.45, 2.75) is 45.4 Å². The summed E-state index contributed by atoms with van der Waals surface area (Å²) in [5.41, 5.74) is 6.41. The monoisotopic (exact) mass is 400 g/mol. The molecular formula is C25H28N4O. The van der Waals surface area contributed by atoms with Gasteiger partial charge in [0.15, 0.2) is 6.23 Å². The molecule has 0 amide bonds. The quantitative estimate of drug-likeness (QED) is 0.790. The topological polar surface area (TPSA) is 49.4 Å². The fourth-order valence-electron chi connectivity index (χ4n) is 4.15. The van der Waals surface area contributed by atoms with Crippen molar-refractivity contribution in [1.82, 2.24) is 20.5 Å². The number of nitrogens with zero attached hydrogens (tertiary/aromatic N) is 2. The number of aryl methyl sites for hydroxylation is 1. The molecule has 3 aliphatic rings. The van der Waals surface area contributed by atoms with Gasteiger partial charge in [-0.05, 0) is 73.6 Å². The van der Waals surface area contributed by atoms with Gasteiger partial charge in [-0.15, -0.1) is 0 Å². The predicted molar refractivity (Wildman–Crippen MR) is 118 cm³/mol. The molecule has 2 aromatic rings. The molecular weight excluding hydrogens is 372 g/mol. The maximum absolute atomic E-state index is 6.02. The lowest BCUT2D eigenvalue weighted by molar-refractivity contribution is 0.223. The van der Waals surface area contributed by atoms with Gasteiger partial charge in [-0.25, -0.2) is 0 Å². The summed E-state index contributed by atoms with van der Waals surface area (Å²) in [5, 5.41) is 7.04. The van der Waals surface area contributed by atoms with Gasteiger partial charge in [0.1, 0.15) is 11.6 Å². The highest BCUT2D eigenvalue weighted by molar-refractivity contribution is 5.34. The Hall–Kier alpha value is -3.21. The molecule has 5 nitrogen and oxygen atoms in total. The maximum atomic E-state index is 6.02. The Morgan fingerprint density at radius 3 is 2.73 bits per heavy atom. The Morgan fingerprint density at radius 1 is 1.13 bits per heavy atom. The van der Waals surface area contributed by atoms with E-state index in [1.165, 1.54) is 41.8 Å². The second-order valence-corrected chi connectivity index (χ2v) is 8.12. The molecule has 154 valence electrons. The molecule has 5 rings (SSSR count). The molecule has 0 bridgehead atoms. The predicted octanol–water partition coefficient (Wildman–Crippen LogP) is 4.14. The number of ether oxygens (including phenoxy) is 1. The summed E-state index contributed by atoms with van der Waals surface area (Å²) in [7, 11) is 0. The van der Waals surface area contributed by atoms with Gasteiger partial charge in [0.05, 0.1) is 11.4 Å². The Bertz CT molecular complexity index is 1020. The van der Waals surface area contributed by atoms with Gasteiger partial charge >= 0.3 is 0 Å². The van der Waals surface area contributed by atoms with E-state index in [0.29, 0.717) is 0 Å². The normalized spacial score (nSPS) is 19.9. The first-order valence-corrected chi connectivity index (χ1v) is 10.8. The smallest absolute Gasteiger partial charge is 0.189 e. The number of hydrogen-bond acceptors (Lipinski definition) is 5. The second-order valence-electron chi connectivity index (χ2n) is 8.12. The summed E-state index contributed by atoms with van der Waals surface area (Å²) < 4.78 is 6.02. The van der Waals surface area contributed by atoms with Crippen LogP contribution in [0, 0.1) is 6.92 Å². The van der Waals surface area contributed by atoms with Gasteiger partial charge in [0.2, 0.25) is 0 Å². The Kier molecular flexibility index (Phi) is 5.18. The van der Waals surface area contributed by atoms with Gasteiger partial charge in [0.25, 0.3) is 0 Å². The third-order valence-corrected chi connectivity index (χ3v) is 6.07. The van der Waals surface area contributed by atoms with Crippen LogP contribution >= 0.6 is 0 Å². The van der Waals surface area contributed by atoms with E-state index in [9.17, 15) is 0 Å². The minimum Gasteiger partial charge on any atom is -0.465 e. The molecule has 0 spiro atoms. The van der Waals surface area contributed by atoms with Crippen LogP contribution in [0.4, 0.5) is 0 Å². The molecule has 1 aliphatic carbocycles. The number of allylic oxidation sites excluding steroid dienone is 2. The molecule has 2 aliphatic heterocycles. The summed E-state index contributed by atoms with van der Waals surface area (Å²) in [4.78, 5) is 6.79. The van der Waals surface area contributed by atoms with Crippen LogP contribution in [0.5, 0.6) is 5.75 Å². The minimum absolute atomic E-state index is 0.194. The van der Waals surface area contributed by atoms with Crippen molar-refractivity contribution in [2.24, 2.45) is 0 Å². The lowest BCUT2D eigenvalue weighted by Crippen LogP contribution is -2.39. The van der Waals surface area contributed by atoms with E-state index in [-0.39, 0.29) is 6.23 Å². The lowest BCUT2D eigenvalue weighted by atomic mass is 9.91. The Labute approximate surface area is 178 Å². The summed E-state index contributed by atoms with van der Waals surface area (Å²) in [6, 6.07) is 12.7. The van der Waals surface area contributed by atoms with Gasteiger partial charge < -0.3 is 20.3 Å². The molecule has 30 heavy (non-hydrogen) atoms. The first-order chi connectivity index (χ1) is 14.8. The number of dihydropyridines is 1. The SMILES string of the molecule is Cc1ncccc1OC1C=CC(NC(=C2CCC2)N2CCc3ccccc3C2)=CN1. The fourth-order valence-corrected chi connectivity index (χ4v) is 4.15. The number of fused-ring (bicyclic) bond motifs is 1. The first-order valence-electron chi connectivity index (χ1n) is 10.8. The molecule has 5 heteroatoms. The summed E-state index contributed by atoms with van der Waals surface area (Å²) in [6.45, 7) is 3.98. The number of aromatic nitrogens is 1. The Morgan fingerprint density at radius 2 is 2.00 bits per heavy atom. The number of hydrogen-bond donors (Lipinski definition) is 2. The van der Waals surface area contributed by atoms with Crippen LogP contribution < -0.4 is 15.4 Å². The van der Waals surface area contributed by atoms with Crippen LogP contribution in [0.2, 0.25) is 0 Å². The van der Waals surface area contributed by atoms with Gasteiger partial charge in [-0.3, -0.25) is 4.98 Å². The van der Waals surface area contributed by atoms with Crippen LogP contribution in [0.25, 0.3) is 0 Å². The number of nitrogens with one attached hydrogen (secondary N) is 2. The number of pyridine rings is 1. The molecule has 3 heterocycles. The summed E-state index contributed by atoms with van der Waals surface area (Å²) in [6.07, 6.45) is 12.5. The van der Waals surface area contributed by atoms with Crippen molar-refractivity contribution in [3.05, 3.63) is 94.9 Å². The van der Waals surface area contributed by atoms with Crippen molar-refractivity contribution in [2.75, 3.05) is 6.54 Å². The van der Waals surface area contributed by atoms with E-state index < -0.39 is 0 Å². The molecule has 1 atom stereocenters. The summed E-state index contributed by atoms with van der Waals surface area (Å²) >= 11 is 0. The van der Waals surface area contributed by atoms with Gasteiger partial charge in [0, 0.05) is 25.5 Å². The lowest BCUT2D eigenvalue weighted by Gasteiger charge is -2.37. The average molecular weight is 401 g/mol. The van der Waals surface area contributed by atoms with E-state index in [0.717, 1.165) is 36.7 Å². The first kappa shape index (κ1) is 18.8. The van der Waals surface area contributed by atoms with E-state index in [2.05, 4.69) is 50.9 Å². The van der Waals surface area contributed by atoms with Gasteiger partial charge in [-0.2, -0.15) is 0 Å². The van der Waals surface area contributed by atoms with Crippen LogP contribution in [-0.4, -0.2) is 22.7 Å². The standard InChI is InChI=1S/C25H28N4O/c1-18-23(10-5-14-26-18)30-24-12-11-22(16-27-24)28-25(20-8-4-9-20)29-15-13-19-6-2-3-7-21(19)17-29/h2-3,5-7,10-12,14,16,24,27-28H,4,8-9,13,15,17H2,1H3. The second kappa shape index (κ2) is 8.27. The molecule has 2 N–H and O–H groups in total. The molecule has 1 fully saturated rings. The van der Waals surface area contributed by atoms with Gasteiger partial charge in [-0.1, -0.05) is 24.3 Å². The number of benzene rings is 1. The van der Waals surface area contributed by atoms with E-state index >= 15 is 0 Å². The zero-order valence-electron chi connectivity index (χ0n) is 17.4. The number of rotatable bonds is 5. The van der Waals surface area contributed by atoms with Crippen LogP contribution in [0.3, 0.4) is 0 Å². The zero-order chi connectivity index (χ0) is 20.3. The van der Waals surface area contributed by atoms with Crippen molar-refractivity contribution in [3.8, 4) is 5.75 Å². The van der Waals surface area contributed by atoms with Crippen molar-refractivity contribution < 1.29 is 4.74 Å². The molecule has 0 radical (unpaired) electrons. The highest BCUT2D eigenvalue weighted by Crippen LogP contribution is 2.32. The molecule has 1 aromatic carbocycles. The fraction of sp³-hybridized carbons (Fsp3) is 0.320. The third-order valence-electron chi connectivity index (χ3n) is 6.07. The molecule has 1 saturated carbocycles. The zero-order valence-corrected chi connectivity index (χ0v) is 17.4. The van der Waals surface area contributed by atoms with Crippen molar-refractivity contribution in [1.29, 1.82) is 0 Å². The summed E-state index contributed by atoms with van der Waals surface area (Å²) in [5.74, 6) is 2.09. The molecule has 1 unspecified atom stereocenters. The van der Waals surface area contributed by atoms with Crippen molar-refractivity contribution in [3.63, 3.8) is 0 Å². The average Bonchev–Trinajstić information content (AvgIpc) is 2.74. The Balaban J connectivity index is 1.27. The highest BCUT2D eigenvalue weighted by Gasteiger charge is 2.24. The van der Waals surface area contributed by atoms with Crippen LogP contribution in [0.1, 0.15) is 36.1 Å². The van der Waals surface area contributed by atoms with E-state index in [1.54, 1.807) is 6.20 Å². The minimum atomic E-state index is -0.194. The van der Waals surface area contributed by atoms with Crippen molar-refractivity contribution >= 4 is 0 Å². The largest absolute Gasteiger partial charge is 0.465 e. The van der Waals surface area contributed by atoms with E-state index in [4.69, 9.17) is 4.74 Å². The third kappa shape index (κ3) is 3.92. The maximum Gasteiger partial charge on any atom is 0.189 e.